The van der Waals surface area contributed by atoms with Gasteiger partial charge in [0.2, 0.25) is 0 Å². The Morgan fingerprint density at radius 2 is 1.95 bits per heavy atom. The summed E-state index contributed by atoms with van der Waals surface area (Å²) in [4.78, 5) is 4.30. The number of benzene rings is 1. The average molecular weight is 366 g/mol. The number of hydrogen-bond donors (Lipinski definition) is 1. The summed E-state index contributed by atoms with van der Waals surface area (Å²) in [5.41, 5.74) is 3.83. The molecule has 0 saturated carbocycles. The fourth-order valence-corrected chi connectivity index (χ4v) is 2.54. The molecule has 0 aliphatic rings. The van der Waals surface area contributed by atoms with Gasteiger partial charge < -0.3 is 5.32 Å². The van der Waals surface area contributed by atoms with E-state index >= 15 is 0 Å². The molecule has 0 fully saturated rings. The van der Waals surface area contributed by atoms with E-state index in [0.717, 1.165) is 13.0 Å². The highest BCUT2D eigenvalue weighted by molar-refractivity contribution is 14.1. The molecule has 2 aromatic rings. The van der Waals surface area contributed by atoms with Crippen LogP contribution in [0.1, 0.15) is 29.7 Å². The Morgan fingerprint density at radius 1 is 1.21 bits per heavy atom. The van der Waals surface area contributed by atoms with Crippen LogP contribution in [-0.2, 0) is 6.42 Å². The molecule has 0 bridgehead atoms. The SMILES string of the molecule is CCNC(Cc1ccc(I)cc1)c1cncc(C)c1. The highest BCUT2D eigenvalue weighted by Gasteiger charge is 2.11. The molecule has 1 N–H and O–H groups in total. The quantitative estimate of drug-likeness (QED) is 0.813. The molecule has 0 amide bonds. The monoisotopic (exact) mass is 366 g/mol. The molecule has 2 nitrogen and oxygen atoms in total. The number of aromatic nitrogens is 1. The molecule has 3 heteroatoms. The maximum absolute atomic E-state index is 4.30. The minimum absolute atomic E-state index is 0.331. The van der Waals surface area contributed by atoms with Gasteiger partial charge in [-0.05, 0) is 71.3 Å². The number of halogens is 1. The molecule has 1 aromatic heterocycles. The first-order valence-electron chi connectivity index (χ1n) is 6.58. The number of pyridine rings is 1. The third-order valence-corrected chi connectivity index (χ3v) is 3.82. The van der Waals surface area contributed by atoms with Crippen molar-refractivity contribution in [2.45, 2.75) is 26.3 Å². The van der Waals surface area contributed by atoms with E-state index in [-0.39, 0.29) is 0 Å². The fraction of sp³-hybridized carbons (Fsp3) is 0.312. The van der Waals surface area contributed by atoms with Crippen molar-refractivity contribution in [1.82, 2.24) is 10.3 Å². The Balaban J connectivity index is 2.18. The number of nitrogens with zero attached hydrogens (tertiary/aromatic N) is 1. The van der Waals surface area contributed by atoms with E-state index in [9.17, 15) is 0 Å². The molecule has 0 aliphatic heterocycles. The van der Waals surface area contributed by atoms with Crippen molar-refractivity contribution in [2.75, 3.05) is 6.54 Å². The Morgan fingerprint density at radius 3 is 2.58 bits per heavy atom. The lowest BCUT2D eigenvalue weighted by molar-refractivity contribution is 0.548. The predicted molar refractivity (Wildman–Crippen MR) is 88.3 cm³/mol. The van der Waals surface area contributed by atoms with Crippen LogP contribution in [0.3, 0.4) is 0 Å². The van der Waals surface area contributed by atoms with E-state index in [0.29, 0.717) is 6.04 Å². The van der Waals surface area contributed by atoms with Gasteiger partial charge in [0.15, 0.2) is 0 Å². The first-order valence-corrected chi connectivity index (χ1v) is 7.66. The minimum Gasteiger partial charge on any atom is -0.310 e. The normalized spacial score (nSPS) is 12.4. The molecule has 1 unspecified atom stereocenters. The van der Waals surface area contributed by atoms with E-state index < -0.39 is 0 Å². The highest BCUT2D eigenvalue weighted by atomic mass is 127. The molecular weight excluding hydrogens is 347 g/mol. The van der Waals surface area contributed by atoms with Crippen molar-refractivity contribution in [3.63, 3.8) is 0 Å². The van der Waals surface area contributed by atoms with Crippen molar-refractivity contribution in [1.29, 1.82) is 0 Å². The average Bonchev–Trinajstić information content (AvgIpc) is 2.41. The molecule has 1 aromatic carbocycles. The first kappa shape index (κ1) is 14.5. The number of likely N-dealkylation sites (N-methyl/N-ethyl adjacent to an activating group) is 1. The van der Waals surface area contributed by atoms with Crippen LogP contribution in [-0.4, -0.2) is 11.5 Å². The first-order chi connectivity index (χ1) is 9.19. The summed E-state index contributed by atoms with van der Waals surface area (Å²) in [6.45, 7) is 5.19. The van der Waals surface area contributed by atoms with Gasteiger partial charge in [0.05, 0.1) is 0 Å². The topological polar surface area (TPSA) is 24.9 Å². The molecule has 19 heavy (non-hydrogen) atoms. The lowest BCUT2D eigenvalue weighted by Gasteiger charge is -2.18. The predicted octanol–water partition coefficient (Wildman–Crippen LogP) is 3.89. The Hall–Kier alpha value is -0.940. The van der Waals surface area contributed by atoms with E-state index in [4.69, 9.17) is 0 Å². The van der Waals surface area contributed by atoms with E-state index in [1.165, 1.54) is 20.3 Å². The molecule has 0 saturated heterocycles. The summed E-state index contributed by atoms with van der Waals surface area (Å²) in [6.07, 6.45) is 4.86. The number of rotatable bonds is 5. The molecule has 0 aliphatic carbocycles. The maximum Gasteiger partial charge on any atom is 0.0376 e. The zero-order valence-corrected chi connectivity index (χ0v) is 13.5. The van der Waals surface area contributed by atoms with Crippen molar-refractivity contribution >= 4 is 22.6 Å². The van der Waals surface area contributed by atoms with Crippen LogP contribution in [0.5, 0.6) is 0 Å². The van der Waals surface area contributed by atoms with Gasteiger partial charge >= 0.3 is 0 Å². The van der Waals surface area contributed by atoms with Gasteiger partial charge in [0.25, 0.3) is 0 Å². The molecule has 1 heterocycles. The van der Waals surface area contributed by atoms with Crippen molar-refractivity contribution in [3.8, 4) is 0 Å². The van der Waals surface area contributed by atoms with Crippen molar-refractivity contribution < 1.29 is 0 Å². The van der Waals surface area contributed by atoms with Crippen LogP contribution >= 0.6 is 22.6 Å². The summed E-state index contributed by atoms with van der Waals surface area (Å²) >= 11 is 2.34. The van der Waals surface area contributed by atoms with Crippen LogP contribution in [0.25, 0.3) is 0 Å². The van der Waals surface area contributed by atoms with Crippen LogP contribution < -0.4 is 5.32 Å². The zero-order chi connectivity index (χ0) is 13.7. The van der Waals surface area contributed by atoms with Gasteiger partial charge in [-0.2, -0.15) is 0 Å². The van der Waals surface area contributed by atoms with E-state index in [1.54, 1.807) is 0 Å². The number of nitrogens with one attached hydrogen (secondary N) is 1. The van der Waals surface area contributed by atoms with Crippen molar-refractivity contribution in [3.05, 3.63) is 63.0 Å². The summed E-state index contributed by atoms with van der Waals surface area (Å²) < 4.78 is 1.28. The minimum atomic E-state index is 0.331. The fourth-order valence-electron chi connectivity index (χ4n) is 2.18. The molecule has 1 atom stereocenters. The second-order valence-corrected chi connectivity index (χ2v) is 5.98. The second kappa shape index (κ2) is 7.01. The molecule has 2 rings (SSSR count). The molecular formula is C16H19IN2. The highest BCUT2D eigenvalue weighted by Crippen LogP contribution is 2.19. The number of hydrogen-bond acceptors (Lipinski definition) is 2. The van der Waals surface area contributed by atoms with Crippen LogP contribution in [0.15, 0.2) is 42.7 Å². The summed E-state index contributed by atoms with van der Waals surface area (Å²) in [5.74, 6) is 0. The zero-order valence-electron chi connectivity index (χ0n) is 11.4. The smallest absolute Gasteiger partial charge is 0.0376 e. The molecule has 100 valence electrons. The van der Waals surface area contributed by atoms with Gasteiger partial charge in [0, 0.05) is 22.0 Å². The third-order valence-electron chi connectivity index (χ3n) is 3.10. The Labute approximate surface area is 128 Å². The number of aryl methyl sites for hydroxylation is 1. The van der Waals surface area contributed by atoms with Gasteiger partial charge in [-0.25, -0.2) is 0 Å². The second-order valence-electron chi connectivity index (χ2n) is 4.74. The summed E-state index contributed by atoms with van der Waals surface area (Å²) in [7, 11) is 0. The van der Waals surface area contributed by atoms with E-state index in [2.05, 4.69) is 77.1 Å². The van der Waals surface area contributed by atoms with Gasteiger partial charge in [-0.15, -0.1) is 0 Å². The Bertz CT molecular complexity index is 523. The summed E-state index contributed by atoms with van der Waals surface area (Å²) in [6, 6.07) is 11.3. The lowest BCUT2D eigenvalue weighted by atomic mass is 9.99. The van der Waals surface area contributed by atoms with E-state index in [1.807, 2.05) is 12.4 Å². The van der Waals surface area contributed by atoms with Crippen molar-refractivity contribution in [2.24, 2.45) is 0 Å². The van der Waals surface area contributed by atoms with Gasteiger partial charge in [-0.3, -0.25) is 4.98 Å². The van der Waals surface area contributed by atoms with Crippen LogP contribution in [0.2, 0.25) is 0 Å². The van der Waals surface area contributed by atoms with Crippen LogP contribution in [0, 0.1) is 10.5 Å². The maximum atomic E-state index is 4.30. The largest absolute Gasteiger partial charge is 0.310 e. The third kappa shape index (κ3) is 4.28. The van der Waals surface area contributed by atoms with Crippen LogP contribution in [0.4, 0.5) is 0 Å². The van der Waals surface area contributed by atoms with Gasteiger partial charge in [0.1, 0.15) is 0 Å². The van der Waals surface area contributed by atoms with Gasteiger partial charge in [-0.1, -0.05) is 25.1 Å². The molecule has 0 spiro atoms. The Kier molecular flexibility index (Phi) is 5.34. The standard InChI is InChI=1S/C16H19IN2/c1-3-19-16(14-8-12(2)10-18-11-14)9-13-4-6-15(17)7-5-13/h4-8,10-11,16,19H,3,9H2,1-2H3. The lowest BCUT2D eigenvalue weighted by Crippen LogP contribution is -2.23. The summed E-state index contributed by atoms with van der Waals surface area (Å²) in [5, 5.41) is 3.55. The molecule has 0 radical (unpaired) electrons.